The highest BCUT2D eigenvalue weighted by molar-refractivity contribution is 6.06. The SMILES string of the molecule is Cn1cc(-c2cc3cc(NC(=O)c4ccc5ncccc5c4)ncc3cn2)cn1. The number of benzene rings is 1. The van der Waals surface area contributed by atoms with Crippen LogP contribution in [0.25, 0.3) is 32.9 Å². The number of fused-ring (bicyclic) bond motifs is 2. The van der Waals surface area contributed by atoms with Gasteiger partial charge in [0.05, 0.1) is 17.4 Å². The average molecular weight is 380 g/mol. The zero-order chi connectivity index (χ0) is 19.8. The van der Waals surface area contributed by atoms with Gasteiger partial charge in [0.25, 0.3) is 5.91 Å². The summed E-state index contributed by atoms with van der Waals surface area (Å²) in [6.45, 7) is 0. The molecule has 0 bridgehead atoms. The number of carbonyl (C=O) groups excluding carboxylic acids is 1. The lowest BCUT2D eigenvalue weighted by molar-refractivity contribution is 0.102. The van der Waals surface area contributed by atoms with Gasteiger partial charge in [0, 0.05) is 53.7 Å². The van der Waals surface area contributed by atoms with Crippen molar-refractivity contribution in [2.45, 2.75) is 0 Å². The minimum Gasteiger partial charge on any atom is -0.307 e. The number of hydrogen-bond donors (Lipinski definition) is 1. The van der Waals surface area contributed by atoms with Crippen molar-refractivity contribution >= 4 is 33.4 Å². The zero-order valence-corrected chi connectivity index (χ0v) is 15.6. The maximum absolute atomic E-state index is 12.7. The molecule has 4 aromatic heterocycles. The Morgan fingerprint density at radius 2 is 1.83 bits per heavy atom. The quantitative estimate of drug-likeness (QED) is 0.514. The molecule has 0 aliphatic carbocycles. The molecule has 0 aliphatic rings. The number of anilines is 1. The molecular formula is C22H16N6O. The minimum atomic E-state index is -0.218. The number of pyridine rings is 3. The van der Waals surface area contributed by atoms with Crippen LogP contribution in [0.15, 0.2) is 73.4 Å². The molecule has 1 amide bonds. The van der Waals surface area contributed by atoms with Crippen LogP contribution in [-0.4, -0.2) is 30.6 Å². The van der Waals surface area contributed by atoms with Crippen LogP contribution >= 0.6 is 0 Å². The van der Waals surface area contributed by atoms with E-state index in [1.807, 2.05) is 49.6 Å². The van der Waals surface area contributed by atoms with Crippen LogP contribution in [0.3, 0.4) is 0 Å². The Kier molecular flexibility index (Phi) is 3.98. The molecule has 7 nitrogen and oxygen atoms in total. The summed E-state index contributed by atoms with van der Waals surface area (Å²) < 4.78 is 1.73. The van der Waals surface area contributed by atoms with Crippen LogP contribution in [0.2, 0.25) is 0 Å². The Balaban J connectivity index is 1.45. The summed E-state index contributed by atoms with van der Waals surface area (Å²) in [5.41, 5.74) is 3.15. The third kappa shape index (κ3) is 3.29. The van der Waals surface area contributed by atoms with Crippen molar-refractivity contribution in [2.24, 2.45) is 7.05 Å². The van der Waals surface area contributed by atoms with Crippen molar-refractivity contribution in [1.29, 1.82) is 0 Å². The molecule has 29 heavy (non-hydrogen) atoms. The van der Waals surface area contributed by atoms with Crippen LogP contribution in [0.5, 0.6) is 0 Å². The van der Waals surface area contributed by atoms with Gasteiger partial charge >= 0.3 is 0 Å². The molecule has 140 valence electrons. The molecule has 0 saturated heterocycles. The van der Waals surface area contributed by atoms with E-state index < -0.39 is 0 Å². The van der Waals surface area contributed by atoms with Crippen molar-refractivity contribution in [3.8, 4) is 11.3 Å². The maximum atomic E-state index is 12.7. The van der Waals surface area contributed by atoms with E-state index in [-0.39, 0.29) is 5.91 Å². The standard InChI is InChI=1S/C22H16N6O/c1-28-13-18(12-26-28)20-8-16-9-21(25-11-17(16)10-24-20)27-22(29)15-4-5-19-14(7-15)3-2-6-23-19/h2-13H,1H3,(H,25,27,29). The molecule has 5 rings (SSSR count). The van der Waals surface area contributed by atoms with Crippen LogP contribution in [0.1, 0.15) is 10.4 Å². The minimum absolute atomic E-state index is 0.218. The number of amides is 1. The van der Waals surface area contributed by atoms with Gasteiger partial charge in [0.2, 0.25) is 0 Å². The van der Waals surface area contributed by atoms with Crippen LogP contribution in [-0.2, 0) is 7.05 Å². The van der Waals surface area contributed by atoms with Gasteiger partial charge in [0.15, 0.2) is 0 Å². The molecule has 0 fully saturated rings. The Bertz CT molecular complexity index is 1370. The van der Waals surface area contributed by atoms with Crippen molar-refractivity contribution < 1.29 is 4.79 Å². The number of aromatic nitrogens is 5. The Hall–Kier alpha value is -4.13. The first-order chi connectivity index (χ1) is 14.2. The highest BCUT2D eigenvalue weighted by Gasteiger charge is 2.10. The number of aryl methyl sites for hydroxylation is 1. The van der Waals surface area contributed by atoms with Crippen LogP contribution < -0.4 is 5.32 Å². The fourth-order valence-corrected chi connectivity index (χ4v) is 3.22. The van der Waals surface area contributed by atoms with Crippen LogP contribution in [0, 0.1) is 0 Å². The number of nitrogens with one attached hydrogen (secondary N) is 1. The largest absolute Gasteiger partial charge is 0.307 e. The number of hydrogen-bond acceptors (Lipinski definition) is 5. The van der Waals surface area contributed by atoms with Gasteiger partial charge < -0.3 is 5.32 Å². The summed E-state index contributed by atoms with van der Waals surface area (Å²) in [6.07, 6.45) is 8.89. The van der Waals surface area contributed by atoms with E-state index in [1.165, 1.54) is 0 Å². The summed E-state index contributed by atoms with van der Waals surface area (Å²) in [4.78, 5) is 25.8. The lowest BCUT2D eigenvalue weighted by Gasteiger charge is -2.07. The predicted octanol–water partition coefficient (Wildman–Crippen LogP) is 3.83. The van der Waals surface area contributed by atoms with E-state index in [2.05, 4.69) is 25.4 Å². The molecule has 0 saturated carbocycles. The molecule has 4 heterocycles. The molecular weight excluding hydrogens is 364 g/mol. The molecule has 1 N–H and O–H groups in total. The van der Waals surface area contributed by atoms with E-state index in [4.69, 9.17) is 0 Å². The first-order valence-electron chi connectivity index (χ1n) is 9.07. The summed E-state index contributed by atoms with van der Waals surface area (Å²) in [7, 11) is 1.87. The van der Waals surface area contributed by atoms with Crippen LogP contribution in [0.4, 0.5) is 5.82 Å². The van der Waals surface area contributed by atoms with E-state index in [0.717, 1.165) is 32.9 Å². The Morgan fingerprint density at radius 3 is 2.69 bits per heavy atom. The summed E-state index contributed by atoms with van der Waals surface area (Å²) >= 11 is 0. The maximum Gasteiger partial charge on any atom is 0.256 e. The lowest BCUT2D eigenvalue weighted by atomic mass is 10.1. The summed E-state index contributed by atoms with van der Waals surface area (Å²) in [5.74, 6) is 0.265. The average Bonchev–Trinajstić information content (AvgIpc) is 3.19. The van der Waals surface area contributed by atoms with Gasteiger partial charge in [-0.25, -0.2) is 4.98 Å². The Labute approximate surface area is 166 Å². The molecule has 1 aromatic carbocycles. The summed E-state index contributed by atoms with van der Waals surface area (Å²) in [5, 5.41) is 9.81. The normalized spacial score (nSPS) is 11.1. The van der Waals surface area contributed by atoms with E-state index in [1.54, 1.807) is 35.5 Å². The van der Waals surface area contributed by atoms with Gasteiger partial charge in [-0.05, 0) is 41.8 Å². The smallest absolute Gasteiger partial charge is 0.256 e. The fraction of sp³-hybridized carbons (Fsp3) is 0.0455. The predicted molar refractivity (Wildman–Crippen MR) is 111 cm³/mol. The van der Waals surface area contributed by atoms with Gasteiger partial charge in [-0.2, -0.15) is 5.10 Å². The number of carbonyl (C=O) groups is 1. The molecule has 7 heteroatoms. The molecule has 5 aromatic rings. The zero-order valence-electron chi connectivity index (χ0n) is 15.6. The molecule has 0 unspecified atom stereocenters. The summed E-state index contributed by atoms with van der Waals surface area (Å²) in [6, 6.07) is 13.0. The van der Waals surface area contributed by atoms with Crippen molar-refractivity contribution in [3.05, 3.63) is 79.0 Å². The van der Waals surface area contributed by atoms with Gasteiger partial charge in [-0.1, -0.05) is 6.07 Å². The van der Waals surface area contributed by atoms with E-state index in [9.17, 15) is 4.79 Å². The number of rotatable bonds is 3. The van der Waals surface area contributed by atoms with Gasteiger partial charge in [-0.3, -0.25) is 19.4 Å². The number of nitrogens with zero attached hydrogens (tertiary/aromatic N) is 5. The first kappa shape index (κ1) is 17.0. The van der Waals surface area contributed by atoms with Gasteiger partial charge in [-0.15, -0.1) is 0 Å². The second-order valence-corrected chi connectivity index (χ2v) is 6.75. The topological polar surface area (TPSA) is 85.6 Å². The van der Waals surface area contributed by atoms with Gasteiger partial charge in [0.1, 0.15) is 5.82 Å². The molecule has 0 atom stereocenters. The van der Waals surface area contributed by atoms with Crippen molar-refractivity contribution in [2.75, 3.05) is 5.32 Å². The second-order valence-electron chi connectivity index (χ2n) is 6.75. The Morgan fingerprint density at radius 1 is 0.931 bits per heavy atom. The third-order valence-corrected chi connectivity index (χ3v) is 4.71. The van der Waals surface area contributed by atoms with Crippen molar-refractivity contribution in [1.82, 2.24) is 24.7 Å². The monoisotopic (exact) mass is 380 g/mol. The third-order valence-electron chi connectivity index (χ3n) is 4.71. The fourth-order valence-electron chi connectivity index (χ4n) is 3.22. The highest BCUT2D eigenvalue weighted by atomic mass is 16.1. The lowest BCUT2D eigenvalue weighted by Crippen LogP contribution is -2.12. The molecule has 0 radical (unpaired) electrons. The second kappa shape index (κ2) is 6.79. The molecule has 0 spiro atoms. The van der Waals surface area contributed by atoms with E-state index in [0.29, 0.717) is 11.4 Å². The van der Waals surface area contributed by atoms with E-state index >= 15 is 0 Å². The molecule has 0 aliphatic heterocycles. The first-order valence-corrected chi connectivity index (χ1v) is 9.07. The highest BCUT2D eigenvalue weighted by Crippen LogP contribution is 2.23. The van der Waals surface area contributed by atoms with Crippen molar-refractivity contribution in [3.63, 3.8) is 0 Å².